The number of imidazole rings is 1. The maximum atomic E-state index is 12.2. The quantitative estimate of drug-likeness (QED) is 0.266. The smallest absolute Gasteiger partial charge is 0.335 e. The fourth-order valence-corrected chi connectivity index (χ4v) is 3.68. The van der Waals surface area contributed by atoms with Gasteiger partial charge in [-0.25, -0.2) is 14.6 Å². The Labute approximate surface area is 220 Å². The molecule has 5 N–H and O–H groups in total. The highest BCUT2D eigenvalue weighted by Gasteiger charge is 2.29. The van der Waals surface area contributed by atoms with Crippen molar-refractivity contribution in [3.8, 4) is 11.5 Å². The molecule has 12 nitrogen and oxygen atoms in total. The summed E-state index contributed by atoms with van der Waals surface area (Å²) in [5, 5.41) is 35.6. The second-order valence-electron chi connectivity index (χ2n) is 8.92. The summed E-state index contributed by atoms with van der Waals surface area (Å²) in [6.45, 7) is 3.51. The zero-order chi connectivity index (χ0) is 28.1. The molecule has 1 aliphatic rings. The van der Waals surface area contributed by atoms with Crippen molar-refractivity contribution in [1.82, 2.24) is 14.9 Å². The molecule has 2 aromatic rings. The van der Waals surface area contributed by atoms with Crippen molar-refractivity contribution in [1.29, 1.82) is 0 Å². The number of carboxylic acids is 2. The second-order valence-corrected chi connectivity index (χ2v) is 8.92. The number of carbonyl (C=O) groups excluding carboxylic acids is 1. The molecular weight excluding hydrogens is 498 g/mol. The molecule has 2 atom stereocenters. The van der Waals surface area contributed by atoms with Crippen LogP contribution in [0.5, 0.6) is 11.5 Å². The van der Waals surface area contributed by atoms with Crippen molar-refractivity contribution in [2.24, 2.45) is 5.92 Å². The van der Waals surface area contributed by atoms with Crippen molar-refractivity contribution in [2.75, 3.05) is 13.7 Å². The predicted molar refractivity (Wildman–Crippen MR) is 137 cm³/mol. The van der Waals surface area contributed by atoms with Gasteiger partial charge in [-0.05, 0) is 55.4 Å². The number of aliphatic hydroxyl groups is 2. The maximum Gasteiger partial charge on any atom is 0.335 e. The summed E-state index contributed by atoms with van der Waals surface area (Å²) < 4.78 is 13.2. The van der Waals surface area contributed by atoms with Crippen LogP contribution in [-0.2, 0) is 20.9 Å². The number of nitrogens with zero attached hydrogens (tertiary/aromatic N) is 2. The van der Waals surface area contributed by atoms with Crippen LogP contribution in [-0.4, -0.2) is 79.8 Å². The van der Waals surface area contributed by atoms with Crippen LogP contribution < -0.4 is 14.8 Å². The van der Waals surface area contributed by atoms with Gasteiger partial charge in [0.2, 0.25) is 5.91 Å². The Morgan fingerprint density at radius 1 is 1.11 bits per heavy atom. The zero-order valence-corrected chi connectivity index (χ0v) is 21.4. The normalized spacial score (nSPS) is 18.5. The second kappa shape index (κ2) is 15.4. The van der Waals surface area contributed by atoms with Crippen molar-refractivity contribution in [3.63, 3.8) is 0 Å². The third kappa shape index (κ3) is 10.2. The van der Waals surface area contributed by atoms with Gasteiger partial charge in [0, 0.05) is 24.5 Å². The number of rotatable bonds is 11. The van der Waals surface area contributed by atoms with Crippen molar-refractivity contribution < 1.29 is 44.3 Å². The molecule has 12 heteroatoms. The minimum Gasteiger partial charge on any atom is -0.493 e. The summed E-state index contributed by atoms with van der Waals surface area (Å²) in [5.74, 6) is -1.48. The van der Waals surface area contributed by atoms with Crippen LogP contribution in [0.15, 0.2) is 43.0 Å². The number of carboxylic acid groups (broad SMARTS) is 2. The van der Waals surface area contributed by atoms with E-state index in [9.17, 15) is 14.4 Å². The zero-order valence-electron chi connectivity index (χ0n) is 21.4. The minimum atomic E-state index is -2.27. The van der Waals surface area contributed by atoms with Gasteiger partial charge in [0.15, 0.2) is 23.7 Å². The molecule has 1 amide bonds. The summed E-state index contributed by atoms with van der Waals surface area (Å²) in [5.41, 5.74) is 0.895. The molecule has 0 saturated heterocycles. The van der Waals surface area contributed by atoms with Crippen LogP contribution in [0, 0.1) is 5.92 Å². The average Bonchev–Trinajstić information content (AvgIpc) is 3.42. The van der Waals surface area contributed by atoms with Crippen LogP contribution >= 0.6 is 0 Å². The summed E-state index contributed by atoms with van der Waals surface area (Å²) >= 11 is 0. The Balaban J connectivity index is 0.000000432. The average molecular weight is 534 g/mol. The molecule has 1 heterocycles. The number of aromatic nitrogens is 2. The molecule has 3 rings (SSSR count). The monoisotopic (exact) mass is 533 g/mol. The van der Waals surface area contributed by atoms with E-state index in [2.05, 4.69) is 17.2 Å². The van der Waals surface area contributed by atoms with Crippen LogP contribution in [0.1, 0.15) is 38.2 Å². The first-order valence-corrected chi connectivity index (χ1v) is 12.2. The molecule has 208 valence electrons. The molecule has 0 aliphatic heterocycles. The highest BCUT2D eigenvalue weighted by Crippen LogP contribution is 2.28. The lowest BCUT2D eigenvalue weighted by atomic mass is 9.87. The molecule has 1 saturated carbocycles. The third-order valence-corrected chi connectivity index (χ3v) is 5.95. The number of benzene rings is 1. The SMILES string of the molecule is COc1cc(C=CC(=O)N[C@H]2CC[C@H](C)CC2)ccc1OCCn1ccnc1.O=C(O)C(O)C(O)C(=O)O. The highest BCUT2D eigenvalue weighted by atomic mass is 16.5. The van der Waals surface area contributed by atoms with Crippen molar-refractivity contribution >= 4 is 23.9 Å². The summed E-state index contributed by atoms with van der Waals surface area (Å²) in [4.78, 5) is 35.7. The largest absolute Gasteiger partial charge is 0.493 e. The lowest BCUT2D eigenvalue weighted by Crippen LogP contribution is -2.39. The number of aliphatic carboxylic acids is 2. The number of ether oxygens (including phenoxy) is 2. The summed E-state index contributed by atoms with van der Waals surface area (Å²) in [6.07, 6.45) is 8.77. The van der Waals surface area contributed by atoms with Gasteiger partial charge in [0.1, 0.15) is 6.61 Å². The molecule has 0 bridgehead atoms. The Bertz CT molecular complexity index is 1050. The van der Waals surface area contributed by atoms with E-state index in [0.717, 1.165) is 24.3 Å². The Morgan fingerprint density at radius 3 is 2.32 bits per heavy atom. The summed E-state index contributed by atoms with van der Waals surface area (Å²) in [6, 6.07) is 5.96. The fourth-order valence-electron chi connectivity index (χ4n) is 3.68. The predicted octanol–water partition coefficient (Wildman–Crippen LogP) is 1.56. The van der Waals surface area contributed by atoms with Gasteiger partial charge in [-0.3, -0.25) is 4.79 Å². The first kappa shape index (κ1) is 30.3. The Hall–Kier alpha value is -3.90. The molecule has 1 aliphatic carbocycles. The number of hydrogen-bond acceptors (Lipinski definition) is 8. The van der Waals surface area contributed by atoms with Gasteiger partial charge in [-0.15, -0.1) is 0 Å². The van der Waals surface area contributed by atoms with Crippen molar-refractivity contribution in [3.05, 3.63) is 48.6 Å². The first-order chi connectivity index (χ1) is 18.1. The first-order valence-electron chi connectivity index (χ1n) is 12.2. The lowest BCUT2D eigenvalue weighted by Gasteiger charge is -2.26. The number of methoxy groups -OCH3 is 1. The number of nitrogens with one attached hydrogen (secondary N) is 1. The molecular formula is C26H35N3O9. The van der Waals surface area contributed by atoms with E-state index < -0.39 is 24.1 Å². The van der Waals surface area contributed by atoms with Gasteiger partial charge in [0.25, 0.3) is 0 Å². The van der Waals surface area contributed by atoms with Crippen LogP contribution in [0.2, 0.25) is 0 Å². The fraction of sp³-hybridized carbons (Fsp3) is 0.462. The highest BCUT2D eigenvalue weighted by molar-refractivity contribution is 5.92. The van der Waals surface area contributed by atoms with Gasteiger partial charge in [-0.2, -0.15) is 0 Å². The van der Waals surface area contributed by atoms with Crippen molar-refractivity contribution in [2.45, 2.75) is 57.4 Å². The number of hydrogen-bond donors (Lipinski definition) is 5. The third-order valence-electron chi connectivity index (χ3n) is 5.95. The minimum absolute atomic E-state index is 0.0424. The summed E-state index contributed by atoms with van der Waals surface area (Å²) in [7, 11) is 1.61. The van der Waals surface area contributed by atoms with Crippen LogP contribution in [0.4, 0.5) is 0 Å². The van der Waals surface area contributed by atoms with Crippen LogP contribution in [0.25, 0.3) is 6.08 Å². The molecule has 38 heavy (non-hydrogen) atoms. The number of amides is 1. The maximum absolute atomic E-state index is 12.2. The molecule has 1 fully saturated rings. The van der Waals surface area contributed by atoms with E-state index in [1.807, 2.05) is 29.0 Å². The molecule has 0 spiro atoms. The van der Waals surface area contributed by atoms with Gasteiger partial charge in [0.05, 0.1) is 20.0 Å². The number of aliphatic hydroxyl groups excluding tert-OH is 2. The Kier molecular flexibility index (Phi) is 12.3. The molecule has 0 radical (unpaired) electrons. The van der Waals surface area contributed by atoms with Gasteiger partial charge < -0.3 is 39.8 Å². The van der Waals surface area contributed by atoms with E-state index in [0.29, 0.717) is 30.7 Å². The molecule has 1 aromatic heterocycles. The van der Waals surface area contributed by atoms with E-state index in [1.165, 1.54) is 12.8 Å². The number of carbonyl (C=O) groups is 3. The standard InChI is InChI=1S/C22H29N3O3.C4H6O6/c1-17-3-7-19(8-4-17)24-22(26)10-6-18-5-9-20(21(15-18)27-2)28-14-13-25-12-11-23-16-25;5-1(3(7)8)2(6)4(9)10/h5-6,9-12,15-17,19H,3-4,7-8,13-14H2,1-2H3,(H,24,26);1-2,5-6H,(H,7,8)(H,9,10)/t17-,19-;. The van der Waals surface area contributed by atoms with E-state index in [1.54, 1.807) is 31.8 Å². The van der Waals surface area contributed by atoms with Crippen LogP contribution in [0.3, 0.4) is 0 Å². The molecule has 2 unspecified atom stereocenters. The topological polar surface area (TPSA) is 180 Å². The van der Waals surface area contributed by atoms with E-state index in [-0.39, 0.29) is 5.91 Å². The lowest BCUT2D eigenvalue weighted by molar-refractivity contribution is -0.165. The van der Waals surface area contributed by atoms with E-state index in [4.69, 9.17) is 29.9 Å². The Morgan fingerprint density at radius 2 is 1.76 bits per heavy atom. The molecule has 1 aromatic carbocycles. The van der Waals surface area contributed by atoms with E-state index >= 15 is 0 Å². The van der Waals surface area contributed by atoms with Gasteiger partial charge in [-0.1, -0.05) is 13.0 Å². The van der Waals surface area contributed by atoms with Gasteiger partial charge >= 0.3 is 11.9 Å².